The Hall–Kier alpha value is -1.65. The summed E-state index contributed by atoms with van der Waals surface area (Å²) >= 11 is 6.23. The van der Waals surface area contributed by atoms with Gasteiger partial charge in [-0.25, -0.2) is 4.98 Å². The lowest BCUT2D eigenvalue weighted by Gasteiger charge is -2.20. The van der Waals surface area contributed by atoms with Crippen LogP contribution >= 0.6 is 11.6 Å². The van der Waals surface area contributed by atoms with Crippen molar-refractivity contribution in [2.45, 2.75) is 19.9 Å². The van der Waals surface area contributed by atoms with Crippen LogP contribution in [0.25, 0.3) is 0 Å². The van der Waals surface area contributed by atoms with Gasteiger partial charge in [0.15, 0.2) is 0 Å². The van der Waals surface area contributed by atoms with Gasteiger partial charge in [0, 0.05) is 18.0 Å². The van der Waals surface area contributed by atoms with Crippen LogP contribution in [0.1, 0.15) is 29.8 Å². The molecule has 1 atom stereocenters. The summed E-state index contributed by atoms with van der Waals surface area (Å²) in [4.78, 5) is 8.57. The molecule has 2 aromatic heterocycles. The molecule has 5 heteroatoms. The molecule has 0 spiro atoms. The third kappa shape index (κ3) is 3.03. The molecule has 0 radical (unpaired) electrons. The minimum atomic E-state index is -0.147. The van der Waals surface area contributed by atoms with Crippen LogP contribution < -0.4 is 11.1 Å². The van der Waals surface area contributed by atoms with E-state index in [1.54, 1.807) is 12.4 Å². The summed E-state index contributed by atoms with van der Waals surface area (Å²) in [6, 6.07) is 5.51. The summed E-state index contributed by atoms with van der Waals surface area (Å²) in [5, 5.41) is 3.98. The molecule has 2 rings (SSSR count). The molecule has 0 aliphatic heterocycles. The predicted molar refractivity (Wildman–Crippen MR) is 78.2 cm³/mol. The van der Waals surface area contributed by atoms with Crippen LogP contribution in [0.3, 0.4) is 0 Å². The minimum Gasteiger partial charge on any atom is -0.383 e. The normalized spacial score (nSPS) is 12.4. The molecule has 0 aliphatic rings. The first-order valence-corrected chi connectivity index (χ1v) is 6.57. The van der Waals surface area contributed by atoms with Crippen LogP contribution in [0.5, 0.6) is 0 Å². The van der Waals surface area contributed by atoms with Crippen molar-refractivity contribution in [2.75, 3.05) is 12.3 Å². The van der Waals surface area contributed by atoms with Crippen molar-refractivity contribution in [1.29, 1.82) is 0 Å². The lowest BCUT2D eigenvalue weighted by Crippen LogP contribution is -2.24. The monoisotopic (exact) mass is 276 g/mol. The van der Waals surface area contributed by atoms with Crippen molar-refractivity contribution >= 4 is 17.4 Å². The molecule has 0 amide bonds. The van der Waals surface area contributed by atoms with Gasteiger partial charge in [0.2, 0.25) is 0 Å². The highest BCUT2D eigenvalue weighted by molar-refractivity contribution is 6.31. The number of hydrogen-bond donors (Lipinski definition) is 2. The molecule has 0 fully saturated rings. The Balaban J connectivity index is 2.51. The number of pyridine rings is 2. The van der Waals surface area contributed by atoms with E-state index in [-0.39, 0.29) is 6.04 Å². The van der Waals surface area contributed by atoms with E-state index in [0.29, 0.717) is 10.8 Å². The van der Waals surface area contributed by atoms with Gasteiger partial charge in [-0.05, 0) is 37.2 Å². The Morgan fingerprint density at radius 2 is 2.21 bits per heavy atom. The Morgan fingerprint density at radius 3 is 2.89 bits per heavy atom. The number of nitrogen functional groups attached to an aromatic ring is 1. The zero-order valence-corrected chi connectivity index (χ0v) is 11.8. The SMILES string of the molecule is CCNC(c1cc(C)cnc1N)c1ncccc1Cl. The lowest BCUT2D eigenvalue weighted by molar-refractivity contribution is 0.615. The summed E-state index contributed by atoms with van der Waals surface area (Å²) in [6.07, 6.45) is 3.48. The lowest BCUT2D eigenvalue weighted by atomic mass is 10.0. The first-order valence-electron chi connectivity index (χ1n) is 6.19. The molecule has 4 nitrogen and oxygen atoms in total. The third-order valence-corrected chi connectivity index (χ3v) is 3.19. The fraction of sp³-hybridized carbons (Fsp3) is 0.286. The van der Waals surface area contributed by atoms with Crippen molar-refractivity contribution in [3.05, 3.63) is 52.4 Å². The van der Waals surface area contributed by atoms with Crippen molar-refractivity contribution in [1.82, 2.24) is 15.3 Å². The molecule has 0 bridgehead atoms. The Labute approximate surface area is 118 Å². The van der Waals surface area contributed by atoms with Crippen LogP contribution in [-0.2, 0) is 0 Å². The first kappa shape index (κ1) is 13.8. The average Bonchev–Trinajstić information content (AvgIpc) is 2.40. The first-order chi connectivity index (χ1) is 9.13. The molecule has 2 aromatic rings. The molecule has 2 heterocycles. The maximum Gasteiger partial charge on any atom is 0.128 e. The molecule has 3 N–H and O–H groups in total. The number of nitrogens with one attached hydrogen (secondary N) is 1. The van der Waals surface area contributed by atoms with E-state index < -0.39 is 0 Å². The Morgan fingerprint density at radius 1 is 1.42 bits per heavy atom. The fourth-order valence-corrected chi connectivity index (χ4v) is 2.23. The van der Waals surface area contributed by atoms with Gasteiger partial charge in [0.1, 0.15) is 5.82 Å². The van der Waals surface area contributed by atoms with Crippen LogP contribution in [0, 0.1) is 6.92 Å². The highest BCUT2D eigenvalue weighted by Gasteiger charge is 2.20. The molecule has 0 saturated heterocycles. The second-order valence-corrected chi connectivity index (χ2v) is 4.76. The van der Waals surface area contributed by atoms with Gasteiger partial charge in [0.05, 0.1) is 16.8 Å². The van der Waals surface area contributed by atoms with Gasteiger partial charge in [0.25, 0.3) is 0 Å². The number of rotatable bonds is 4. The molecule has 0 saturated carbocycles. The fourth-order valence-electron chi connectivity index (χ4n) is 2.00. The van der Waals surface area contributed by atoms with E-state index in [4.69, 9.17) is 17.3 Å². The van der Waals surface area contributed by atoms with Crippen LogP contribution in [-0.4, -0.2) is 16.5 Å². The number of hydrogen-bond acceptors (Lipinski definition) is 4. The van der Waals surface area contributed by atoms with Crippen LogP contribution in [0.15, 0.2) is 30.6 Å². The highest BCUT2D eigenvalue weighted by atomic mass is 35.5. The zero-order chi connectivity index (χ0) is 13.8. The van der Waals surface area contributed by atoms with Crippen molar-refractivity contribution in [3.63, 3.8) is 0 Å². The van der Waals surface area contributed by atoms with Crippen molar-refractivity contribution < 1.29 is 0 Å². The highest BCUT2D eigenvalue weighted by Crippen LogP contribution is 2.29. The van der Waals surface area contributed by atoms with E-state index >= 15 is 0 Å². The van der Waals surface area contributed by atoms with E-state index in [2.05, 4.69) is 15.3 Å². The molecule has 0 aliphatic carbocycles. The standard InChI is InChI=1S/C14H17ClN4/c1-3-17-12(13-11(15)5-4-6-18-13)10-7-9(2)8-19-14(10)16/h4-8,12,17H,3H2,1-2H3,(H2,16,19). The van der Waals surface area contributed by atoms with E-state index in [1.807, 2.05) is 32.0 Å². The summed E-state index contributed by atoms with van der Waals surface area (Å²) in [5.41, 5.74) is 8.71. The molecule has 0 aromatic carbocycles. The molecular weight excluding hydrogens is 260 g/mol. The largest absolute Gasteiger partial charge is 0.383 e. The second-order valence-electron chi connectivity index (χ2n) is 4.35. The molecule has 100 valence electrons. The minimum absolute atomic E-state index is 0.147. The average molecular weight is 277 g/mol. The molecule has 1 unspecified atom stereocenters. The maximum absolute atomic E-state index is 6.23. The van der Waals surface area contributed by atoms with E-state index in [1.165, 1.54) is 0 Å². The number of halogens is 1. The summed E-state index contributed by atoms with van der Waals surface area (Å²) in [6.45, 7) is 4.80. The summed E-state index contributed by atoms with van der Waals surface area (Å²) in [7, 11) is 0. The molecule has 19 heavy (non-hydrogen) atoms. The number of nitrogens with zero attached hydrogens (tertiary/aromatic N) is 2. The molecular formula is C14H17ClN4. The van der Waals surface area contributed by atoms with Crippen LogP contribution in [0.4, 0.5) is 5.82 Å². The number of anilines is 1. The third-order valence-electron chi connectivity index (χ3n) is 2.87. The van der Waals surface area contributed by atoms with E-state index in [9.17, 15) is 0 Å². The van der Waals surface area contributed by atoms with Gasteiger partial charge in [-0.3, -0.25) is 4.98 Å². The zero-order valence-electron chi connectivity index (χ0n) is 11.0. The van der Waals surface area contributed by atoms with Crippen molar-refractivity contribution in [2.24, 2.45) is 0 Å². The number of aryl methyl sites for hydroxylation is 1. The number of nitrogens with two attached hydrogens (primary N) is 1. The Kier molecular flexibility index (Phi) is 4.35. The van der Waals surface area contributed by atoms with Gasteiger partial charge < -0.3 is 11.1 Å². The topological polar surface area (TPSA) is 63.8 Å². The van der Waals surface area contributed by atoms with E-state index in [0.717, 1.165) is 23.4 Å². The second kappa shape index (κ2) is 5.99. The smallest absolute Gasteiger partial charge is 0.128 e. The van der Waals surface area contributed by atoms with Gasteiger partial charge in [-0.15, -0.1) is 0 Å². The Bertz CT molecular complexity index is 571. The summed E-state index contributed by atoms with van der Waals surface area (Å²) in [5.74, 6) is 0.498. The number of aromatic nitrogens is 2. The predicted octanol–water partition coefficient (Wildman–Crippen LogP) is 2.72. The van der Waals surface area contributed by atoms with Gasteiger partial charge in [-0.1, -0.05) is 18.5 Å². The van der Waals surface area contributed by atoms with Gasteiger partial charge in [-0.2, -0.15) is 0 Å². The summed E-state index contributed by atoms with van der Waals surface area (Å²) < 4.78 is 0. The maximum atomic E-state index is 6.23. The van der Waals surface area contributed by atoms with Gasteiger partial charge >= 0.3 is 0 Å². The quantitative estimate of drug-likeness (QED) is 0.901. The van der Waals surface area contributed by atoms with Crippen molar-refractivity contribution in [3.8, 4) is 0 Å². The van der Waals surface area contributed by atoms with Crippen LogP contribution in [0.2, 0.25) is 5.02 Å².